The number of anilines is 2. The molecule has 1 atom stereocenters. The summed E-state index contributed by atoms with van der Waals surface area (Å²) >= 11 is 0. The van der Waals surface area contributed by atoms with Crippen molar-refractivity contribution in [1.29, 1.82) is 0 Å². The fourth-order valence-electron chi connectivity index (χ4n) is 3.40. The summed E-state index contributed by atoms with van der Waals surface area (Å²) in [5.41, 5.74) is 3.07. The Morgan fingerprint density at radius 1 is 1.00 bits per heavy atom. The fourth-order valence-corrected chi connectivity index (χ4v) is 3.40. The molecule has 3 N–H and O–H groups in total. The van der Waals surface area contributed by atoms with Gasteiger partial charge in [0, 0.05) is 30.5 Å². The molecule has 4 amide bonds. The zero-order chi connectivity index (χ0) is 21.7. The molecule has 0 bridgehead atoms. The van der Waals surface area contributed by atoms with Crippen LogP contribution in [0.5, 0.6) is 0 Å². The predicted octanol–water partition coefficient (Wildman–Crippen LogP) is 4.12. The Bertz CT molecular complexity index is 984. The van der Waals surface area contributed by atoms with Crippen molar-refractivity contribution < 1.29 is 14.4 Å². The molecule has 0 saturated carbocycles. The molecule has 2 aromatic carbocycles. The Morgan fingerprint density at radius 2 is 1.70 bits per heavy atom. The van der Waals surface area contributed by atoms with Crippen molar-refractivity contribution in [2.45, 2.75) is 39.3 Å². The first-order chi connectivity index (χ1) is 14.3. The number of hydrogen-bond acceptors (Lipinski definition) is 3. The molecule has 0 saturated heterocycles. The number of hydrogen-bond donors (Lipinski definition) is 3. The molecule has 7 nitrogen and oxygen atoms in total. The molecule has 0 unspecified atom stereocenters. The normalized spacial score (nSPS) is 14.8. The second-order valence-corrected chi connectivity index (χ2v) is 7.47. The lowest BCUT2D eigenvalue weighted by Crippen LogP contribution is -2.34. The lowest BCUT2D eigenvalue weighted by Gasteiger charge is -2.32. The first-order valence-corrected chi connectivity index (χ1v) is 9.87. The van der Waals surface area contributed by atoms with Crippen LogP contribution in [0.1, 0.15) is 44.4 Å². The molecule has 2 aromatic rings. The van der Waals surface area contributed by atoms with Crippen molar-refractivity contribution >= 4 is 35.3 Å². The van der Waals surface area contributed by atoms with Crippen LogP contribution in [0, 0.1) is 0 Å². The largest absolute Gasteiger partial charge is 0.336 e. The number of rotatable bonds is 5. The third kappa shape index (κ3) is 5.26. The van der Waals surface area contributed by atoms with Gasteiger partial charge in [-0.25, -0.2) is 4.79 Å². The summed E-state index contributed by atoms with van der Waals surface area (Å²) in [5.74, 6) is -0.346. The second-order valence-electron chi connectivity index (χ2n) is 7.47. The molecule has 30 heavy (non-hydrogen) atoms. The van der Waals surface area contributed by atoms with Crippen molar-refractivity contribution in [3.63, 3.8) is 0 Å². The minimum absolute atomic E-state index is 0.0181. The van der Waals surface area contributed by atoms with Gasteiger partial charge in [-0.05, 0) is 49.2 Å². The lowest BCUT2D eigenvalue weighted by atomic mass is 9.93. The summed E-state index contributed by atoms with van der Waals surface area (Å²) < 4.78 is 0. The Balaban J connectivity index is 1.70. The molecule has 0 radical (unpaired) electrons. The summed E-state index contributed by atoms with van der Waals surface area (Å²) in [6.45, 7) is 5.23. The average Bonchev–Trinajstić information content (AvgIpc) is 2.67. The van der Waals surface area contributed by atoms with Gasteiger partial charge in [0.05, 0.1) is 12.5 Å². The highest BCUT2D eigenvalue weighted by atomic mass is 16.2. The number of carbonyl (C=O) groups excluding carboxylic acids is 3. The molecule has 0 fully saturated rings. The van der Waals surface area contributed by atoms with Crippen LogP contribution in [0.15, 0.2) is 54.7 Å². The quantitative estimate of drug-likeness (QED) is 0.698. The van der Waals surface area contributed by atoms with E-state index in [0.717, 1.165) is 11.1 Å². The Kier molecular flexibility index (Phi) is 6.51. The molecule has 1 aliphatic rings. The van der Waals surface area contributed by atoms with Crippen LogP contribution >= 0.6 is 0 Å². The highest BCUT2D eigenvalue weighted by molar-refractivity contribution is 5.94. The molecular formula is C23H26N4O3. The molecule has 0 aromatic heterocycles. The lowest BCUT2D eigenvalue weighted by molar-refractivity contribution is -0.129. The van der Waals surface area contributed by atoms with Crippen LogP contribution in [-0.2, 0) is 9.59 Å². The standard InChI is InChI=1S/C23H26N4O3/c1-15(2)24-23(30)26-19-9-6-8-18(13-19)25-22(29)14-21-20-10-5-4-7-17(20)11-12-27(21)16(3)28/h4-13,15,21H,14H2,1-3H3,(H,25,29)(H2,24,26,30)/t21-/m1/s1. The highest BCUT2D eigenvalue weighted by Gasteiger charge is 2.28. The van der Waals surface area contributed by atoms with Crippen molar-refractivity contribution in [2.75, 3.05) is 10.6 Å². The molecule has 7 heteroatoms. The fraction of sp³-hybridized carbons (Fsp3) is 0.261. The third-order valence-electron chi connectivity index (χ3n) is 4.67. The number of nitrogens with one attached hydrogen (secondary N) is 3. The van der Waals surface area contributed by atoms with Crippen molar-refractivity contribution in [3.8, 4) is 0 Å². The molecule has 1 heterocycles. The zero-order valence-electron chi connectivity index (χ0n) is 17.3. The molecule has 3 rings (SSSR count). The maximum Gasteiger partial charge on any atom is 0.319 e. The molecule has 0 aliphatic carbocycles. The molecule has 0 spiro atoms. The zero-order valence-corrected chi connectivity index (χ0v) is 17.3. The number of carbonyl (C=O) groups is 3. The highest BCUT2D eigenvalue weighted by Crippen LogP contribution is 2.33. The topological polar surface area (TPSA) is 90.5 Å². The Labute approximate surface area is 176 Å². The van der Waals surface area contributed by atoms with Gasteiger partial charge in [-0.3, -0.25) is 9.59 Å². The van der Waals surface area contributed by atoms with Gasteiger partial charge in [-0.15, -0.1) is 0 Å². The third-order valence-corrected chi connectivity index (χ3v) is 4.67. The van der Waals surface area contributed by atoms with Gasteiger partial charge in [0.2, 0.25) is 11.8 Å². The number of amides is 4. The molecule has 156 valence electrons. The summed E-state index contributed by atoms with van der Waals surface area (Å²) in [6.07, 6.45) is 3.72. The van der Waals surface area contributed by atoms with E-state index in [0.29, 0.717) is 11.4 Å². The van der Waals surface area contributed by atoms with E-state index in [1.807, 2.05) is 44.2 Å². The average molecular weight is 406 g/mol. The van der Waals surface area contributed by atoms with Gasteiger partial charge in [-0.2, -0.15) is 0 Å². The van der Waals surface area contributed by atoms with Gasteiger partial charge in [0.25, 0.3) is 0 Å². The number of urea groups is 1. The van der Waals surface area contributed by atoms with Crippen molar-refractivity contribution in [2.24, 2.45) is 0 Å². The number of fused-ring (bicyclic) bond motifs is 1. The van der Waals surface area contributed by atoms with Gasteiger partial charge < -0.3 is 20.9 Å². The number of nitrogens with zero attached hydrogens (tertiary/aromatic N) is 1. The van der Waals surface area contributed by atoms with Gasteiger partial charge in [0.1, 0.15) is 0 Å². The van der Waals surface area contributed by atoms with E-state index in [1.54, 1.807) is 35.4 Å². The maximum atomic E-state index is 12.8. The van der Waals surface area contributed by atoms with Crippen LogP contribution in [0.25, 0.3) is 6.08 Å². The first-order valence-electron chi connectivity index (χ1n) is 9.87. The van der Waals surface area contributed by atoms with E-state index in [2.05, 4.69) is 16.0 Å². The smallest absolute Gasteiger partial charge is 0.319 e. The monoisotopic (exact) mass is 406 g/mol. The Hall–Kier alpha value is -3.61. The predicted molar refractivity (Wildman–Crippen MR) is 118 cm³/mol. The number of benzene rings is 2. The van der Waals surface area contributed by atoms with Gasteiger partial charge in [-0.1, -0.05) is 30.3 Å². The summed E-state index contributed by atoms with van der Waals surface area (Å²) in [6, 6.07) is 14.0. The SMILES string of the molecule is CC(=O)N1C=Cc2ccccc2[C@H]1CC(=O)Nc1cccc(NC(=O)NC(C)C)c1. The first kappa shape index (κ1) is 21.1. The van der Waals surface area contributed by atoms with Gasteiger partial charge in [0.15, 0.2) is 0 Å². The van der Waals surface area contributed by atoms with Crippen molar-refractivity contribution in [1.82, 2.24) is 10.2 Å². The Morgan fingerprint density at radius 3 is 2.40 bits per heavy atom. The van der Waals surface area contributed by atoms with E-state index in [1.165, 1.54) is 6.92 Å². The van der Waals surface area contributed by atoms with Crippen LogP contribution < -0.4 is 16.0 Å². The summed E-state index contributed by atoms with van der Waals surface area (Å²) in [5, 5.41) is 8.35. The van der Waals surface area contributed by atoms with Crippen LogP contribution in [0.4, 0.5) is 16.2 Å². The summed E-state index contributed by atoms with van der Waals surface area (Å²) in [4.78, 5) is 38.3. The van der Waals surface area contributed by atoms with E-state index < -0.39 is 0 Å². The van der Waals surface area contributed by atoms with Crippen LogP contribution in [-0.4, -0.2) is 28.8 Å². The minimum Gasteiger partial charge on any atom is -0.336 e. The maximum absolute atomic E-state index is 12.8. The van der Waals surface area contributed by atoms with E-state index in [4.69, 9.17) is 0 Å². The molecule has 1 aliphatic heterocycles. The molecular weight excluding hydrogens is 380 g/mol. The van der Waals surface area contributed by atoms with E-state index >= 15 is 0 Å². The van der Waals surface area contributed by atoms with Crippen LogP contribution in [0.3, 0.4) is 0 Å². The van der Waals surface area contributed by atoms with Crippen LogP contribution in [0.2, 0.25) is 0 Å². The minimum atomic E-state index is -0.373. The second kappa shape index (κ2) is 9.26. The van der Waals surface area contributed by atoms with Gasteiger partial charge >= 0.3 is 6.03 Å². The van der Waals surface area contributed by atoms with Crippen molar-refractivity contribution in [3.05, 3.63) is 65.9 Å². The van der Waals surface area contributed by atoms with E-state index in [-0.39, 0.29) is 36.3 Å². The van der Waals surface area contributed by atoms with E-state index in [9.17, 15) is 14.4 Å². The summed E-state index contributed by atoms with van der Waals surface area (Å²) in [7, 11) is 0.